The summed E-state index contributed by atoms with van der Waals surface area (Å²) in [6.07, 6.45) is 0.763. The molecule has 1 aromatic heterocycles. The molecular formula is C20H20N2O2S2. The fourth-order valence-electron chi connectivity index (χ4n) is 2.94. The molecule has 0 saturated carbocycles. The van der Waals surface area contributed by atoms with Gasteiger partial charge in [-0.3, -0.25) is 0 Å². The molecule has 0 aliphatic heterocycles. The molecule has 2 N–H and O–H groups in total. The van der Waals surface area contributed by atoms with E-state index in [4.69, 9.17) is 17.0 Å². The minimum absolute atomic E-state index is 0.345. The van der Waals surface area contributed by atoms with Gasteiger partial charge in [0.05, 0.1) is 12.7 Å². The standard InChI is InChI=1S/C20H20N2O2S2/c1-4-16-12(2)26-18(17(16)19(23)24-3)22-20(25)21-15-10-9-13-7-5-6-8-14(13)11-15/h5-11H,4H2,1-3H3,(H2,21,22,25). The van der Waals surface area contributed by atoms with Gasteiger partial charge >= 0.3 is 5.97 Å². The van der Waals surface area contributed by atoms with Gasteiger partial charge in [0.15, 0.2) is 5.11 Å². The Morgan fingerprint density at radius 2 is 1.88 bits per heavy atom. The summed E-state index contributed by atoms with van der Waals surface area (Å²) < 4.78 is 4.94. The smallest absolute Gasteiger partial charge is 0.341 e. The Labute approximate surface area is 162 Å². The van der Waals surface area contributed by atoms with Gasteiger partial charge in [0.25, 0.3) is 0 Å². The second kappa shape index (κ2) is 7.85. The van der Waals surface area contributed by atoms with Gasteiger partial charge in [0.2, 0.25) is 0 Å². The molecule has 0 atom stereocenters. The van der Waals surface area contributed by atoms with E-state index in [0.717, 1.165) is 27.9 Å². The summed E-state index contributed by atoms with van der Waals surface area (Å²) in [6, 6.07) is 14.2. The summed E-state index contributed by atoms with van der Waals surface area (Å²) in [5, 5.41) is 9.80. The lowest BCUT2D eigenvalue weighted by molar-refractivity contribution is 0.0601. The average Bonchev–Trinajstić information content (AvgIpc) is 2.95. The maximum atomic E-state index is 12.2. The molecule has 0 fully saturated rings. The van der Waals surface area contributed by atoms with Gasteiger partial charge in [-0.2, -0.15) is 0 Å². The Kier molecular flexibility index (Phi) is 5.54. The summed E-state index contributed by atoms with van der Waals surface area (Å²) in [4.78, 5) is 13.3. The van der Waals surface area contributed by atoms with E-state index in [-0.39, 0.29) is 5.97 Å². The number of benzene rings is 2. The number of esters is 1. The predicted octanol–water partition coefficient (Wildman–Crippen LogP) is 5.37. The minimum Gasteiger partial charge on any atom is -0.465 e. The molecule has 0 aliphatic rings. The molecule has 0 bridgehead atoms. The maximum Gasteiger partial charge on any atom is 0.341 e. The molecule has 2 aromatic carbocycles. The number of thiophene rings is 1. The second-order valence-corrected chi connectivity index (χ2v) is 7.46. The van der Waals surface area contributed by atoms with Gasteiger partial charge in [0, 0.05) is 10.6 Å². The Morgan fingerprint density at radius 1 is 1.15 bits per heavy atom. The molecule has 1 heterocycles. The van der Waals surface area contributed by atoms with Crippen LogP contribution in [0.5, 0.6) is 0 Å². The first kappa shape index (κ1) is 18.4. The number of hydrogen-bond donors (Lipinski definition) is 2. The number of nitrogens with one attached hydrogen (secondary N) is 2. The number of hydrogen-bond acceptors (Lipinski definition) is 4. The Bertz CT molecular complexity index is 979. The molecule has 4 nitrogen and oxygen atoms in total. The van der Waals surface area contributed by atoms with Gasteiger partial charge in [-0.25, -0.2) is 4.79 Å². The molecule has 0 spiro atoms. The number of methoxy groups -OCH3 is 1. The molecule has 3 rings (SSSR count). The van der Waals surface area contributed by atoms with Crippen molar-refractivity contribution >= 4 is 56.1 Å². The normalized spacial score (nSPS) is 10.6. The average molecular weight is 385 g/mol. The highest BCUT2D eigenvalue weighted by atomic mass is 32.1. The third kappa shape index (κ3) is 3.71. The van der Waals surface area contributed by atoms with Crippen LogP contribution in [-0.4, -0.2) is 18.2 Å². The number of thiocarbonyl (C=S) groups is 1. The minimum atomic E-state index is -0.345. The van der Waals surface area contributed by atoms with Crippen molar-refractivity contribution in [1.82, 2.24) is 0 Å². The van der Waals surface area contributed by atoms with Crippen LogP contribution in [0.4, 0.5) is 10.7 Å². The van der Waals surface area contributed by atoms with Crippen molar-refractivity contribution in [3.05, 3.63) is 58.5 Å². The largest absolute Gasteiger partial charge is 0.465 e. The van der Waals surface area contributed by atoms with Gasteiger partial charge in [0.1, 0.15) is 5.00 Å². The number of anilines is 2. The van der Waals surface area contributed by atoms with E-state index in [0.29, 0.717) is 15.7 Å². The summed E-state index contributed by atoms with van der Waals surface area (Å²) in [6.45, 7) is 4.03. The van der Waals surface area contributed by atoms with Gasteiger partial charge in [-0.05, 0) is 54.0 Å². The van der Waals surface area contributed by atoms with Gasteiger partial charge in [-0.1, -0.05) is 37.3 Å². The first-order valence-corrected chi connectivity index (χ1v) is 9.53. The lowest BCUT2D eigenvalue weighted by atomic mass is 10.1. The SMILES string of the molecule is CCc1c(C)sc(NC(=S)Nc2ccc3ccccc3c2)c1C(=O)OC. The molecule has 0 saturated heterocycles. The van der Waals surface area contributed by atoms with Crippen LogP contribution in [0, 0.1) is 6.92 Å². The lowest BCUT2D eigenvalue weighted by Crippen LogP contribution is -2.20. The molecule has 0 unspecified atom stereocenters. The predicted molar refractivity (Wildman–Crippen MR) is 114 cm³/mol. The van der Waals surface area contributed by atoms with E-state index in [1.165, 1.54) is 23.8 Å². The molecule has 26 heavy (non-hydrogen) atoms. The van der Waals surface area contributed by atoms with Crippen molar-refractivity contribution in [2.24, 2.45) is 0 Å². The Morgan fingerprint density at radius 3 is 2.58 bits per heavy atom. The van der Waals surface area contributed by atoms with Crippen LogP contribution in [0.2, 0.25) is 0 Å². The molecule has 6 heteroatoms. The van der Waals surface area contributed by atoms with Crippen LogP contribution >= 0.6 is 23.6 Å². The van der Waals surface area contributed by atoms with Crippen molar-refractivity contribution in [1.29, 1.82) is 0 Å². The monoisotopic (exact) mass is 384 g/mol. The number of aryl methyl sites for hydroxylation is 1. The molecule has 134 valence electrons. The van der Waals surface area contributed by atoms with Crippen LogP contribution < -0.4 is 10.6 Å². The number of ether oxygens (including phenoxy) is 1. The van der Waals surface area contributed by atoms with Crippen molar-refractivity contribution in [3.8, 4) is 0 Å². The van der Waals surface area contributed by atoms with Crippen molar-refractivity contribution < 1.29 is 9.53 Å². The van der Waals surface area contributed by atoms with Crippen molar-refractivity contribution in [2.45, 2.75) is 20.3 Å². The number of carbonyl (C=O) groups is 1. The summed E-state index contributed by atoms with van der Waals surface area (Å²) >= 11 is 6.96. The van der Waals surface area contributed by atoms with E-state index in [1.807, 2.05) is 44.2 Å². The van der Waals surface area contributed by atoms with Crippen LogP contribution in [0.1, 0.15) is 27.7 Å². The zero-order valence-electron chi connectivity index (χ0n) is 14.9. The fourth-order valence-corrected chi connectivity index (χ4v) is 4.37. The first-order chi connectivity index (χ1) is 12.5. The highest BCUT2D eigenvalue weighted by Crippen LogP contribution is 2.34. The summed E-state index contributed by atoms with van der Waals surface area (Å²) in [5.74, 6) is -0.345. The van der Waals surface area contributed by atoms with E-state index in [9.17, 15) is 4.79 Å². The third-order valence-electron chi connectivity index (χ3n) is 4.19. The highest BCUT2D eigenvalue weighted by Gasteiger charge is 2.22. The van der Waals surface area contributed by atoms with Crippen LogP contribution in [0.25, 0.3) is 10.8 Å². The van der Waals surface area contributed by atoms with E-state index in [1.54, 1.807) is 0 Å². The zero-order chi connectivity index (χ0) is 18.7. The Hall–Kier alpha value is -2.44. The number of carbonyl (C=O) groups excluding carboxylic acids is 1. The van der Waals surface area contributed by atoms with Crippen LogP contribution in [0.3, 0.4) is 0 Å². The molecule has 0 amide bonds. The van der Waals surface area contributed by atoms with Crippen LogP contribution in [-0.2, 0) is 11.2 Å². The van der Waals surface area contributed by atoms with Crippen molar-refractivity contribution in [3.63, 3.8) is 0 Å². The number of rotatable bonds is 4. The second-order valence-electron chi connectivity index (χ2n) is 5.83. The molecular weight excluding hydrogens is 364 g/mol. The topological polar surface area (TPSA) is 50.4 Å². The van der Waals surface area contributed by atoms with Gasteiger partial charge in [-0.15, -0.1) is 11.3 Å². The molecule has 0 aliphatic carbocycles. The number of fused-ring (bicyclic) bond motifs is 1. The third-order valence-corrected chi connectivity index (χ3v) is 5.45. The fraction of sp³-hybridized carbons (Fsp3) is 0.200. The van der Waals surface area contributed by atoms with Gasteiger partial charge < -0.3 is 15.4 Å². The summed E-state index contributed by atoms with van der Waals surface area (Å²) in [5.41, 5.74) is 2.46. The zero-order valence-corrected chi connectivity index (χ0v) is 16.5. The molecule has 3 aromatic rings. The van der Waals surface area contributed by atoms with Crippen molar-refractivity contribution in [2.75, 3.05) is 17.7 Å². The molecule has 0 radical (unpaired) electrons. The van der Waals surface area contributed by atoms with E-state index in [2.05, 4.69) is 22.8 Å². The quantitative estimate of drug-likeness (QED) is 0.468. The Balaban J connectivity index is 1.82. The highest BCUT2D eigenvalue weighted by molar-refractivity contribution is 7.80. The van der Waals surface area contributed by atoms with Crippen LogP contribution in [0.15, 0.2) is 42.5 Å². The lowest BCUT2D eigenvalue weighted by Gasteiger charge is -2.11. The summed E-state index contributed by atoms with van der Waals surface area (Å²) in [7, 11) is 1.39. The maximum absolute atomic E-state index is 12.2. The van der Waals surface area contributed by atoms with E-state index < -0.39 is 0 Å². The first-order valence-electron chi connectivity index (χ1n) is 8.30. The van der Waals surface area contributed by atoms with E-state index >= 15 is 0 Å².